The lowest BCUT2D eigenvalue weighted by atomic mass is 10.2. The number of morpholine rings is 1. The third-order valence-electron chi connectivity index (χ3n) is 5.31. The van der Waals surface area contributed by atoms with Crippen LogP contribution in [0.5, 0.6) is 23.0 Å². The van der Waals surface area contributed by atoms with Crippen LogP contribution in [-0.4, -0.2) is 83.2 Å². The summed E-state index contributed by atoms with van der Waals surface area (Å²) in [5.74, 6) is 1.28. The number of nitrogens with one attached hydrogen (secondary N) is 1. The number of hydrogen-bond donors (Lipinski definition) is 2. The Morgan fingerprint density at radius 1 is 1.15 bits per heavy atom. The number of ether oxygens (including phenoxy) is 5. The van der Waals surface area contributed by atoms with Crippen LogP contribution in [0.25, 0.3) is 0 Å². The SMILES string of the molecule is COc1ccc(S(=O)(=O)N2CCOCC2)cc1C(=O)NCC(O)COc1ccc2c(c1)OCO2. The zero-order valence-corrected chi connectivity index (χ0v) is 19.4. The van der Waals surface area contributed by atoms with Crippen molar-refractivity contribution in [2.24, 2.45) is 0 Å². The lowest BCUT2D eigenvalue weighted by Gasteiger charge is -2.26. The molecule has 11 nitrogen and oxygen atoms in total. The quantitative estimate of drug-likeness (QED) is 0.515. The van der Waals surface area contributed by atoms with E-state index in [9.17, 15) is 18.3 Å². The van der Waals surface area contributed by atoms with Gasteiger partial charge in [0.15, 0.2) is 11.5 Å². The first-order chi connectivity index (χ1) is 16.4. The largest absolute Gasteiger partial charge is 0.496 e. The van der Waals surface area contributed by atoms with Crippen LogP contribution in [0.15, 0.2) is 41.3 Å². The van der Waals surface area contributed by atoms with Crippen molar-refractivity contribution >= 4 is 15.9 Å². The summed E-state index contributed by atoms with van der Waals surface area (Å²) < 4.78 is 53.7. The third-order valence-corrected chi connectivity index (χ3v) is 7.20. The van der Waals surface area contributed by atoms with Crippen molar-refractivity contribution in [2.45, 2.75) is 11.0 Å². The van der Waals surface area contributed by atoms with Crippen molar-refractivity contribution in [3.63, 3.8) is 0 Å². The summed E-state index contributed by atoms with van der Waals surface area (Å²) in [6, 6.07) is 9.14. The van der Waals surface area contributed by atoms with Gasteiger partial charge in [-0.1, -0.05) is 0 Å². The number of fused-ring (bicyclic) bond motifs is 1. The van der Waals surface area contributed by atoms with Crippen LogP contribution < -0.4 is 24.3 Å². The normalized spacial score (nSPS) is 16.6. The molecular weight excluding hydrogens is 468 g/mol. The maximum atomic E-state index is 12.9. The number of carbonyl (C=O) groups is 1. The molecule has 1 unspecified atom stereocenters. The first-order valence-corrected chi connectivity index (χ1v) is 12.1. The zero-order chi connectivity index (χ0) is 24.1. The molecule has 1 amide bonds. The molecule has 2 aliphatic rings. The first-order valence-electron chi connectivity index (χ1n) is 10.6. The number of nitrogens with zero attached hydrogens (tertiary/aromatic N) is 1. The minimum Gasteiger partial charge on any atom is -0.496 e. The van der Waals surface area contributed by atoms with Crippen LogP contribution in [0.4, 0.5) is 0 Å². The molecule has 2 aromatic carbocycles. The van der Waals surface area contributed by atoms with Crippen LogP contribution in [0, 0.1) is 0 Å². The van der Waals surface area contributed by atoms with E-state index in [4.69, 9.17) is 23.7 Å². The molecule has 12 heteroatoms. The van der Waals surface area contributed by atoms with Crippen LogP contribution >= 0.6 is 0 Å². The summed E-state index contributed by atoms with van der Waals surface area (Å²) in [5, 5.41) is 12.8. The highest BCUT2D eigenvalue weighted by molar-refractivity contribution is 7.89. The lowest BCUT2D eigenvalue weighted by molar-refractivity contribution is 0.0730. The van der Waals surface area contributed by atoms with Gasteiger partial charge in [0.1, 0.15) is 24.2 Å². The lowest BCUT2D eigenvalue weighted by Crippen LogP contribution is -2.40. The summed E-state index contributed by atoms with van der Waals surface area (Å²) >= 11 is 0. The van der Waals surface area contributed by atoms with Gasteiger partial charge in [-0.15, -0.1) is 0 Å². The van der Waals surface area contributed by atoms with Crippen molar-refractivity contribution < 1.29 is 42.0 Å². The van der Waals surface area contributed by atoms with E-state index in [-0.39, 0.29) is 49.2 Å². The van der Waals surface area contributed by atoms with E-state index in [1.165, 1.54) is 29.6 Å². The van der Waals surface area contributed by atoms with Crippen LogP contribution in [0.1, 0.15) is 10.4 Å². The predicted molar refractivity (Wildman–Crippen MR) is 119 cm³/mol. The smallest absolute Gasteiger partial charge is 0.255 e. The Balaban J connectivity index is 1.37. The average Bonchev–Trinajstić information content (AvgIpc) is 3.34. The van der Waals surface area contributed by atoms with Crippen LogP contribution in [-0.2, 0) is 14.8 Å². The Morgan fingerprint density at radius 2 is 1.91 bits per heavy atom. The molecule has 0 spiro atoms. The number of aliphatic hydroxyl groups excluding tert-OH is 1. The molecule has 0 bridgehead atoms. The molecule has 0 saturated carbocycles. The summed E-state index contributed by atoms with van der Waals surface area (Å²) in [6.45, 7) is 1.06. The zero-order valence-electron chi connectivity index (χ0n) is 18.6. The van der Waals surface area contributed by atoms with Crippen LogP contribution in [0.3, 0.4) is 0 Å². The standard InChI is InChI=1S/C22H26N2O9S/c1-29-19-5-3-17(34(27,28)24-6-8-30-9-7-24)11-18(19)22(26)23-12-15(25)13-31-16-2-4-20-21(10-16)33-14-32-20/h2-5,10-11,15,25H,6-9,12-14H2,1H3,(H,23,26). The molecule has 34 heavy (non-hydrogen) atoms. The second-order valence-corrected chi connectivity index (χ2v) is 9.51. The maximum absolute atomic E-state index is 12.9. The Bertz CT molecular complexity index is 1130. The number of methoxy groups -OCH3 is 1. The van der Waals surface area contributed by atoms with Gasteiger partial charge in [-0.3, -0.25) is 4.79 Å². The van der Waals surface area contributed by atoms with E-state index in [0.717, 1.165) is 0 Å². The van der Waals surface area contributed by atoms with Gasteiger partial charge >= 0.3 is 0 Å². The van der Waals surface area contributed by atoms with Gasteiger partial charge in [-0.05, 0) is 30.3 Å². The van der Waals surface area contributed by atoms with Gasteiger partial charge in [-0.2, -0.15) is 4.31 Å². The summed E-state index contributed by atoms with van der Waals surface area (Å²) in [7, 11) is -2.40. The molecule has 0 aliphatic carbocycles. The molecular formula is C22H26N2O9S. The van der Waals surface area contributed by atoms with E-state index in [1.54, 1.807) is 18.2 Å². The minimum atomic E-state index is -3.79. The first kappa shape index (κ1) is 24.1. The number of aliphatic hydroxyl groups is 1. The Kier molecular flexibility index (Phi) is 7.41. The number of sulfonamides is 1. The average molecular weight is 495 g/mol. The summed E-state index contributed by atoms with van der Waals surface area (Å²) in [4.78, 5) is 12.8. The summed E-state index contributed by atoms with van der Waals surface area (Å²) in [6.07, 6.45) is -1.01. The number of amides is 1. The second kappa shape index (κ2) is 10.5. The predicted octanol–water partition coefficient (Wildman–Crippen LogP) is 0.615. The van der Waals surface area contributed by atoms with Crippen molar-refractivity contribution in [3.8, 4) is 23.0 Å². The summed E-state index contributed by atoms with van der Waals surface area (Å²) in [5.41, 5.74) is 0.0423. The van der Waals surface area contributed by atoms with Gasteiger partial charge in [0.2, 0.25) is 16.8 Å². The molecule has 2 heterocycles. The molecule has 2 N–H and O–H groups in total. The fourth-order valence-electron chi connectivity index (χ4n) is 3.48. The third kappa shape index (κ3) is 5.36. The monoisotopic (exact) mass is 494 g/mol. The Labute approximate surface area is 197 Å². The topological polar surface area (TPSA) is 133 Å². The van der Waals surface area contributed by atoms with E-state index in [2.05, 4.69) is 5.32 Å². The van der Waals surface area contributed by atoms with Gasteiger partial charge in [0, 0.05) is 25.7 Å². The fraction of sp³-hybridized carbons (Fsp3) is 0.409. The van der Waals surface area contributed by atoms with E-state index in [1.807, 2.05) is 0 Å². The molecule has 0 radical (unpaired) electrons. The van der Waals surface area contributed by atoms with Gasteiger partial charge in [0.25, 0.3) is 5.91 Å². The van der Waals surface area contributed by atoms with Crippen LogP contribution in [0.2, 0.25) is 0 Å². The minimum absolute atomic E-state index is 0.0213. The van der Waals surface area contributed by atoms with E-state index >= 15 is 0 Å². The maximum Gasteiger partial charge on any atom is 0.255 e. The fourth-order valence-corrected chi connectivity index (χ4v) is 4.92. The van der Waals surface area contributed by atoms with Crippen molar-refractivity contribution in [3.05, 3.63) is 42.0 Å². The Morgan fingerprint density at radius 3 is 2.68 bits per heavy atom. The molecule has 1 fully saturated rings. The molecule has 2 aliphatic heterocycles. The van der Waals surface area contributed by atoms with Crippen molar-refractivity contribution in [2.75, 3.05) is 53.4 Å². The molecule has 4 rings (SSSR count). The molecule has 2 aromatic rings. The van der Waals surface area contributed by atoms with E-state index in [0.29, 0.717) is 30.5 Å². The highest BCUT2D eigenvalue weighted by Crippen LogP contribution is 2.35. The molecule has 0 aromatic heterocycles. The van der Waals surface area contributed by atoms with Crippen molar-refractivity contribution in [1.82, 2.24) is 9.62 Å². The second-order valence-electron chi connectivity index (χ2n) is 7.57. The molecule has 1 atom stereocenters. The van der Waals surface area contributed by atoms with Crippen molar-refractivity contribution in [1.29, 1.82) is 0 Å². The van der Waals surface area contributed by atoms with E-state index < -0.39 is 22.0 Å². The van der Waals surface area contributed by atoms with Gasteiger partial charge in [0.05, 0.1) is 30.8 Å². The number of hydrogen-bond acceptors (Lipinski definition) is 9. The molecule has 1 saturated heterocycles. The highest BCUT2D eigenvalue weighted by atomic mass is 32.2. The van der Waals surface area contributed by atoms with Gasteiger partial charge < -0.3 is 34.1 Å². The number of rotatable bonds is 9. The Hall–Kier alpha value is -3.06. The number of carbonyl (C=O) groups excluding carboxylic acids is 1. The van der Waals surface area contributed by atoms with Gasteiger partial charge in [-0.25, -0.2) is 8.42 Å². The molecule has 184 valence electrons. The highest BCUT2D eigenvalue weighted by Gasteiger charge is 2.28. The number of benzene rings is 2.